The second kappa shape index (κ2) is 6.43. The van der Waals surface area contributed by atoms with E-state index in [2.05, 4.69) is 17.1 Å². The number of hydrogen-bond acceptors (Lipinski definition) is 4. The maximum absolute atomic E-state index is 13.0. The molecule has 2 aromatic rings. The number of hydrogen-bond donors (Lipinski definition) is 1. The van der Waals surface area contributed by atoms with Gasteiger partial charge in [0.05, 0.1) is 0 Å². The smallest absolute Gasteiger partial charge is 0.226 e. The van der Waals surface area contributed by atoms with E-state index >= 15 is 0 Å². The molecule has 102 valence electrons. The number of nitrogens with zero attached hydrogens (tertiary/aromatic N) is 2. The van der Waals surface area contributed by atoms with Gasteiger partial charge in [0.15, 0.2) is 5.82 Å². The summed E-state index contributed by atoms with van der Waals surface area (Å²) in [4.78, 5) is 4.30. The summed E-state index contributed by atoms with van der Waals surface area (Å²) in [6, 6.07) is 6.41. The maximum Gasteiger partial charge on any atom is 0.226 e. The zero-order valence-electron chi connectivity index (χ0n) is 11.0. The average molecular weight is 263 g/mol. The molecule has 0 radical (unpaired) electrons. The first-order chi connectivity index (χ1) is 9.17. The van der Waals surface area contributed by atoms with E-state index in [1.165, 1.54) is 12.1 Å². The molecule has 0 fully saturated rings. The van der Waals surface area contributed by atoms with Gasteiger partial charge in [-0.25, -0.2) is 4.39 Å². The second-order valence-corrected chi connectivity index (χ2v) is 4.79. The van der Waals surface area contributed by atoms with Crippen LogP contribution in [-0.2, 0) is 12.8 Å². The van der Waals surface area contributed by atoms with Gasteiger partial charge in [0.25, 0.3) is 0 Å². The summed E-state index contributed by atoms with van der Waals surface area (Å²) in [6.07, 6.45) is 2.14. The Morgan fingerprint density at radius 2 is 2.26 bits per heavy atom. The van der Waals surface area contributed by atoms with Crippen molar-refractivity contribution in [1.29, 1.82) is 0 Å². The quantitative estimate of drug-likeness (QED) is 0.868. The summed E-state index contributed by atoms with van der Waals surface area (Å²) in [5.41, 5.74) is 6.39. The van der Waals surface area contributed by atoms with Crippen molar-refractivity contribution in [3.63, 3.8) is 0 Å². The predicted octanol–water partition coefficient (Wildman–Crippen LogP) is 2.33. The third kappa shape index (κ3) is 4.13. The minimum Gasteiger partial charge on any atom is -0.339 e. The number of benzene rings is 1. The minimum atomic E-state index is -0.252. The molecular weight excluding hydrogens is 245 g/mol. The zero-order chi connectivity index (χ0) is 13.7. The van der Waals surface area contributed by atoms with E-state index in [0.29, 0.717) is 30.6 Å². The number of rotatable bonds is 6. The van der Waals surface area contributed by atoms with Gasteiger partial charge in [-0.05, 0) is 36.6 Å². The standard InChI is InChI=1S/C14H18FN3O/c1-10(9-16)5-6-14-17-13(18-19-14)8-11-3-2-4-12(15)7-11/h2-4,7,10H,5-6,8-9,16H2,1H3. The lowest BCUT2D eigenvalue weighted by atomic mass is 10.1. The largest absolute Gasteiger partial charge is 0.339 e. The Morgan fingerprint density at radius 1 is 1.42 bits per heavy atom. The van der Waals surface area contributed by atoms with E-state index in [1.54, 1.807) is 6.07 Å². The van der Waals surface area contributed by atoms with Crippen molar-refractivity contribution >= 4 is 0 Å². The van der Waals surface area contributed by atoms with Crippen LogP contribution in [0.3, 0.4) is 0 Å². The van der Waals surface area contributed by atoms with Crippen molar-refractivity contribution in [2.24, 2.45) is 11.7 Å². The number of aromatic nitrogens is 2. The lowest BCUT2D eigenvalue weighted by molar-refractivity contribution is 0.362. The molecule has 4 nitrogen and oxygen atoms in total. The first-order valence-electron chi connectivity index (χ1n) is 6.43. The molecule has 1 heterocycles. The Bertz CT molecular complexity index is 527. The van der Waals surface area contributed by atoms with Crippen LogP contribution in [0.15, 0.2) is 28.8 Å². The Morgan fingerprint density at radius 3 is 3.00 bits per heavy atom. The molecule has 5 heteroatoms. The fraction of sp³-hybridized carbons (Fsp3) is 0.429. The summed E-state index contributed by atoms with van der Waals surface area (Å²) in [7, 11) is 0. The van der Waals surface area contributed by atoms with Crippen molar-refractivity contribution in [1.82, 2.24) is 10.1 Å². The highest BCUT2D eigenvalue weighted by molar-refractivity contribution is 5.19. The van der Waals surface area contributed by atoms with Gasteiger partial charge in [-0.15, -0.1) is 0 Å². The van der Waals surface area contributed by atoms with Crippen LogP contribution in [0.1, 0.15) is 30.6 Å². The second-order valence-electron chi connectivity index (χ2n) is 4.79. The minimum absolute atomic E-state index is 0.252. The lowest BCUT2D eigenvalue weighted by Gasteiger charge is -2.03. The third-order valence-corrected chi connectivity index (χ3v) is 3.01. The molecule has 0 spiro atoms. The van der Waals surface area contributed by atoms with Gasteiger partial charge in [-0.2, -0.15) is 4.98 Å². The van der Waals surface area contributed by atoms with E-state index in [0.717, 1.165) is 18.4 Å². The SMILES string of the molecule is CC(CN)CCc1nc(Cc2cccc(F)c2)no1. The van der Waals surface area contributed by atoms with Crippen LogP contribution in [0, 0.1) is 11.7 Å². The van der Waals surface area contributed by atoms with Gasteiger partial charge in [-0.3, -0.25) is 0 Å². The van der Waals surface area contributed by atoms with Gasteiger partial charge in [0.1, 0.15) is 5.82 Å². The van der Waals surface area contributed by atoms with Crippen LogP contribution in [0.25, 0.3) is 0 Å². The van der Waals surface area contributed by atoms with Crippen LogP contribution in [0.5, 0.6) is 0 Å². The first-order valence-corrected chi connectivity index (χ1v) is 6.43. The van der Waals surface area contributed by atoms with E-state index in [9.17, 15) is 4.39 Å². The van der Waals surface area contributed by atoms with E-state index in [4.69, 9.17) is 10.3 Å². The van der Waals surface area contributed by atoms with Crippen LogP contribution in [0.2, 0.25) is 0 Å². The monoisotopic (exact) mass is 263 g/mol. The number of aryl methyl sites for hydroxylation is 1. The molecule has 1 aromatic carbocycles. The van der Waals surface area contributed by atoms with Crippen LogP contribution in [0.4, 0.5) is 4.39 Å². The van der Waals surface area contributed by atoms with Crippen LogP contribution < -0.4 is 5.73 Å². The molecule has 2 rings (SSSR count). The molecule has 0 bridgehead atoms. The molecule has 0 amide bonds. The van der Waals surface area contributed by atoms with Gasteiger partial charge in [0.2, 0.25) is 5.89 Å². The fourth-order valence-electron chi connectivity index (χ4n) is 1.78. The molecule has 2 N–H and O–H groups in total. The molecule has 0 saturated heterocycles. The average Bonchev–Trinajstić information content (AvgIpc) is 2.83. The van der Waals surface area contributed by atoms with Crippen LogP contribution >= 0.6 is 0 Å². The van der Waals surface area contributed by atoms with Gasteiger partial charge in [0, 0.05) is 12.8 Å². The zero-order valence-corrected chi connectivity index (χ0v) is 11.0. The first kappa shape index (κ1) is 13.7. The van der Waals surface area contributed by atoms with Crippen molar-refractivity contribution in [3.05, 3.63) is 47.4 Å². The molecule has 19 heavy (non-hydrogen) atoms. The normalized spacial score (nSPS) is 12.6. The van der Waals surface area contributed by atoms with Crippen LogP contribution in [-0.4, -0.2) is 16.7 Å². The van der Waals surface area contributed by atoms with Crippen molar-refractivity contribution in [3.8, 4) is 0 Å². The highest BCUT2D eigenvalue weighted by atomic mass is 19.1. The van der Waals surface area contributed by atoms with E-state index < -0.39 is 0 Å². The van der Waals surface area contributed by atoms with Crippen molar-refractivity contribution in [2.45, 2.75) is 26.2 Å². The maximum atomic E-state index is 13.0. The topological polar surface area (TPSA) is 64.9 Å². The molecule has 0 saturated carbocycles. The van der Waals surface area contributed by atoms with Crippen molar-refractivity contribution in [2.75, 3.05) is 6.54 Å². The Kier molecular flexibility index (Phi) is 4.63. The fourth-order valence-corrected chi connectivity index (χ4v) is 1.78. The molecule has 1 unspecified atom stereocenters. The summed E-state index contributed by atoms with van der Waals surface area (Å²) >= 11 is 0. The van der Waals surface area contributed by atoms with Gasteiger partial charge >= 0.3 is 0 Å². The third-order valence-electron chi connectivity index (χ3n) is 3.01. The number of nitrogens with two attached hydrogens (primary N) is 1. The van der Waals surface area contributed by atoms with Crippen molar-refractivity contribution < 1.29 is 8.91 Å². The Labute approximate surface area is 111 Å². The molecule has 0 aliphatic heterocycles. The molecule has 0 aliphatic carbocycles. The molecule has 0 aliphatic rings. The molecule has 1 atom stereocenters. The highest BCUT2D eigenvalue weighted by Crippen LogP contribution is 2.11. The van der Waals surface area contributed by atoms with E-state index in [1.807, 2.05) is 6.07 Å². The Hall–Kier alpha value is -1.75. The summed E-state index contributed by atoms with van der Waals surface area (Å²) in [5.74, 6) is 1.39. The lowest BCUT2D eigenvalue weighted by Crippen LogP contribution is -2.11. The molecule has 1 aromatic heterocycles. The Balaban J connectivity index is 1.94. The summed E-state index contributed by atoms with van der Waals surface area (Å²) in [6.45, 7) is 2.74. The number of halogens is 1. The van der Waals surface area contributed by atoms with Gasteiger partial charge in [-0.1, -0.05) is 24.2 Å². The summed E-state index contributed by atoms with van der Waals surface area (Å²) < 4.78 is 18.2. The van der Waals surface area contributed by atoms with E-state index in [-0.39, 0.29) is 5.82 Å². The van der Waals surface area contributed by atoms with Gasteiger partial charge < -0.3 is 10.3 Å². The predicted molar refractivity (Wildman–Crippen MR) is 70.0 cm³/mol. The summed E-state index contributed by atoms with van der Waals surface area (Å²) in [5, 5.41) is 3.91. The highest BCUT2D eigenvalue weighted by Gasteiger charge is 2.09. The molecular formula is C14H18FN3O.